The van der Waals surface area contributed by atoms with Crippen molar-refractivity contribution in [1.82, 2.24) is 5.32 Å². The zero-order chi connectivity index (χ0) is 38.8. The van der Waals surface area contributed by atoms with Gasteiger partial charge in [0.05, 0.1) is 30.1 Å². The Labute approximate surface area is 330 Å². The van der Waals surface area contributed by atoms with Crippen LogP contribution in [-0.4, -0.2) is 87.2 Å². The Morgan fingerprint density at radius 1 is 0.964 bits per heavy atom. The van der Waals surface area contributed by atoms with Crippen molar-refractivity contribution in [2.75, 3.05) is 19.8 Å². The van der Waals surface area contributed by atoms with Crippen LogP contribution in [-0.2, 0) is 14.3 Å². The van der Waals surface area contributed by atoms with Gasteiger partial charge >= 0.3 is 0 Å². The normalized spacial score (nSPS) is 50.8. The van der Waals surface area contributed by atoms with E-state index in [9.17, 15) is 25.2 Å². The standard InChI is InChI=1S/C46H74N2O7/c1-27-16-21-54-45(25-27,40-39(55-40)43(4,52)41(2,26-49)17-12-28-15-20-48-36(47)22-28)35-23-30-10-11-32-37-33(14-18-42(35,3)46(30,37)53)44(29-8-6-5-7-9-29)19-13-31(50)24-34(44)38(32)51/h27-31,33-36,39-40,48-50,52-53H,5-26,47H2,1-4H3/t27-,28?,30+,31+,33+,34+,35-,36?,39+,40-,41+,42-,43+,44-,45-,46-/m1/s1. The first-order valence-corrected chi connectivity index (χ1v) is 23.0. The summed E-state index contributed by atoms with van der Waals surface area (Å²) in [5.74, 6) is 1.68. The molecule has 3 aliphatic heterocycles. The number of ether oxygens (including phenoxy) is 2. The number of epoxide rings is 1. The van der Waals surface area contributed by atoms with Crippen molar-refractivity contribution >= 4 is 5.78 Å². The van der Waals surface area contributed by atoms with Crippen LogP contribution in [0, 0.1) is 57.7 Å². The summed E-state index contributed by atoms with van der Waals surface area (Å²) in [5, 5.41) is 51.8. The van der Waals surface area contributed by atoms with Gasteiger partial charge in [-0.2, -0.15) is 0 Å². The molecule has 2 unspecified atom stereocenters. The van der Waals surface area contributed by atoms with Crippen LogP contribution in [0.15, 0.2) is 11.1 Å². The fourth-order valence-corrected chi connectivity index (χ4v) is 15.9. The second kappa shape index (κ2) is 13.8. The van der Waals surface area contributed by atoms with Crippen molar-refractivity contribution in [3.63, 3.8) is 0 Å². The summed E-state index contributed by atoms with van der Waals surface area (Å²) in [7, 11) is 0. The van der Waals surface area contributed by atoms with Crippen molar-refractivity contribution in [3.8, 4) is 0 Å². The van der Waals surface area contributed by atoms with Gasteiger partial charge in [0.1, 0.15) is 17.8 Å². The largest absolute Gasteiger partial charge is 0.396 e. The molecule has 6 aliphatic carbocycles. The number of rotatable bonds is 9. The highest BCUT2D eigenvalue weighted by Crippen LogP contribution is 2.76. The summed E-state index contributed by atoms with van der Waals surface area (Å²) < 4.78 is 14.0. The van der Waals surface area contributed by atoms with E-state index < -0.39 is 39.8 Å². The summed E-state index contributed by atoms with van der Waals surface area (Å²) in [6, 6.07) is 0. The summed E-state index contributed by atoms with van der Waals surface area (Å²) in [6.07, 6.45) is 16.5. The van der Waals surface area contributed by atoms with Crippen molar-refractivity contribution in [2.24, 2.45) is 63.4 Å². The molecule has 9 heteroatoms. The molecular formula is C46H74N2O7. The second-order valence-corrected chi connectivity index (χ2v) is 21.7. The average Bonchev–Trinajstić information content (AvgIpc) is 3.96. The Morgan fingerprint density at radius 2 is 1.75 bits per heavy atom. The number of hydrogen-bond donors (Lipinski definition) is 6. The molecule has 4 saturated carbocycles. The Kier molecular flexibility index (Phi) is 9.94. The highest BCUT2D eigenvalue weighted by Gasteiger charge is 2.78. The molecule has 0 radical (unpaired) electrons. The van der Waals surface area contributed by atoms with E-state index in [4.69, 9.17) is 15.2 Å². The van der Waals surface area contributed by atoms with E-state index >= 15 is 0 Å². The topological polar surface area (TPSA) is 158 Å². The maximum atomic E-state index is 15.0. The van der Waals surface area contributed by atoms with Gasteiger partial charge in [-0.15, -0.1) is 0 Å². The summed E-state index contributed by atoms with van der Waals surface area (Å²) >= 11 is 0. The number of hydrogen-bond acceptors (Lipinski definition) is 9. The van der Waals surface area contributed by atoms with Gasteiger partial charge < -0.3 is 41.0 Å². The minimum Gasteiger partial charge on any atom is -0.396 e. The van der Waals surface area contributed by atoms with Gasteiger partial charge in [-0.25, -0.2) is 0 Å². The number of ketones is 1. The van der Waals surface area contributed by atoms with Crippen molar-refractivity contribution in [2.45, 2.75) is 191 Å². The molecule has 0 aromatic heterocycles. The molecule has 9 nitrogen and oxygen atoms in total. The van der Waals surface area contributed by atoms with E-state index in [2.05, 4.69) is 19.2 Å². The number of fused-ring (bicyclic) bond motifs is 2. The lowest BCUT2D eigenvalue weighted by atomic mass is 9.39. The van der Waals surface area contributed by atoms with Crippen LogP contribution in [0.1, 0.15) is 150 Å². The lowest BCUT2D eigenvalue weighted by Gasteiger charge is -2.66. The third-order valence-electron chi connectivity index (χ3n) is 19.2. The fraction of sp³-hybridized carbons (Fsp3) is 0.935. The number of nitrogens with one attached hydrogen (secondary N) is 1. The molecule has 0 spiro atoms. The lowest BCUT2D eigenvalue weighted by Crippen LogP contribution is -2.67. The predicted molar refractivity (Wildman–Crippen MR) is 210 cm³/mol. The molecule has 310 valence electrons. The van der Waals surface area contributed by atoms with Crippen LogP contribution in [0.2, 0.25) is 0 Å². The minimum absolute atomic E-state index is 0.000377. The van der Waals surface area contributed by atoms with E-state index in [-0.39, 0.29) is 53.7 Å². The molecule has 0 aromatic rings. The van der Waals surface area contributed by atoms with Crippen molar-refractivity contribution in [3.05, 3.63) is 11.1 Å². The average molecular weight is 767 g/mol. The minimum atomic E-state index is -1.29. The quantitative estimate of drug-likeness (QED) is 0.156. The SMILES string of the molecule is C[C@@H]1CCO[C@@]([C@@H]2O[C@@H]2[C@](C)(O)[C@](C)(CO)CCC2CCNC(N)C2)([C@@H]2C[C@@H]3CCC4=C5[C@H](CC[C@@]2(C)[C@]53O)[C@]2(C3CCCCC3)CC[C@H](O)C[C@H]2C4=O)C1. The molecule has 0 aromatic carbocycles. The first-order chi connectivity index (χ1) is 26.2. The van der Waals surface area contributed by atoms with Crippen LogP contribution in [0.4, 0.5) is 0 Å². The highest BCUT2D eigenvalue weighted by molar-refractivity contribution is 6.00. The molecule has 9 rings (SSSR count). The number of carbonyl (C=O) groups is 1. The molecule has 0 bridgehead atoms. The van der Waals surface area contributed by atoms with E-state index in [1.807, 2.05) is 13.8 Å². The number of aliphatic hydroxyl groups excluding tert-OH is 2. The van der Waals surface area contributed by atoms with Gasteiger partial charge in [0.15, 0.2) is 5.78 Å². The number of Topliss-reactive ketones (excluding diaryl/α,β-unsaturated/α-hetero) is 1. The smallest absolute Gasteiger partial charge is 0.162 e. The fourth-order valence-electron chi connectivity index (χ4n) is 15.9. The Balaban J connectivity index is 1.06. The van der Waals surface area contributed by atoms with Crippen molar-refractivity contribution < 1.29 is 34.7 Å². The molecule has 3 heterocycles. The predicted octanol–water partition coefficient (Wildman–Crippen LogP) is 5.94. The number of piperidine rings is 1. The second-order valence-electron chi connectivity index (χ2n) is 21.7. The molecular weight excluding hydrogens is 693 g/mol. The Hall–Kier alpha value is -0.910. The molecule has 16 atom stereocenters. The first-order valence-electron chi connectivity index (χ1n) is 23.0. The van der Waals surface area contributed by atoms with Gasteiger partial charge in [0.2, 0.25) is 0 Å². The third kappa shape index (κ3) is 5.62. The number of nitrogens with two attached hydrogens (primary N) is 1. The van der Waals surface area contributed by atoms with Crippen LogP contribution >= 0.6 is 0 Å². The molecule has 7 fully saturated rings. The Bertz CT molecular complexity index is 1530. The molecule has 7 N–H and O–H groups in total. The third-order valence-corrected chi connectivity index (χ3v) is 19.2. The summed E-state index contributed by atoms with van der Waals surface area (Å²) in [5.41, 5.74) is 3.76. The molecule has 0 amide bonds. The maximum absolute atomic E-state index is 15.0. The van der Waals surface area contributed by atoms with Crippen molar-refractivity contribution in [1.29, 1.82) is 0 Å². The molecule has 55 heavy (non-hydrogen) atoms. The maximum Gasteiger partial charge on any atom is 0.162 e. The molecule has 9 aliphatic rings. The Morgan fingerprint density at radius 3 is 2.47 bits per heavy atom. The van der Waals surface area contributed by atoms with Crippen LogP contribution < -0.4 is 11.1 Å². The monoisotopic (exact) mass is 767 g/mol. The number of allylic oxidation sites excluding steroid dienone is 1. The van der Waals surface area contributed by atoms with Gasteiger partial charge in [0.25, 0.3) is 0 Å². The highest BCUT2D eigenvalue weighted by atomic mass is 16.6. The zero-order valence-electron chi connectivity index (χ0n) is 34.5. The van der Waals surface area contributed by atoms with E-state index in [1.165, 1.54) is 19.3 Å². The lowest BCUT2D eigenvalue weighted by molar-refractivity contribution is -0.201. The number of carbonyl (C=O) groups excluding carboxylic acids is 1. The van der Waals surface area contributed by atoms with Gasteiger partial charge in [-0.3, -0.25) is 4.79 Å². The van der Waals surface area contributed by atoms with Gasteiger partial charge in [-0.05, 0) is 168 Å². The molecule has 3 saturated heterocycles. The van der Waals surface area contributed by atoms with E-state index in [1.54, 1.807) is 0 Å². The first kappa shape index (κ1) is 39.5. The summed E-state index contributed by atoms with van der Waals surface area (Å²) in [4.78, 5) is 15.0. The van der Waals surface area contributed by atoms with Crippen LogP contribution in [0.3, 0.4) is 0 Å². The van der Waals surface area contributed by atoms with Gasteiger partial charge in [-0.1, -0.05) is 40.0 Å². The number of aliphatic hydroxyl groups is 4. The van der Waals surface area contributed by atoms with Crippen LogP contribution in [0.5, 0.6) is 0 Å². The van der Waals surface area contributed by atoms with Gasteiger partial charge in [0, 0.05) is 23.4 Å². The van der Waals surface area contributed by atoms with E-state index in [0.717, 1.165) is 108 Å². The zero-order valence-corrected chi connectivity index (χ0v) is 34.5. The van der Waals surface area contributed by atoms with Crippen LogP contribution in [0.25, 0.3) is 0 Å². The summed E-state index contributed by atoms with van der Waals surface area (Å²) in [6.45, 7) is 9.94. The van der Waals surface area contributed by atoms with E-state index in [0.29, 0.717) is 37.2 Å².